The number of carbonyl (C=O) groups is 1. The Bertz CT molecular complexity index is 5270. The summed E-state index contributed by atoms with van der Waals surface area (Å²) in [6.45, 7) is 0. The first-order valence-electron chi connectivity index (χ1n) is 24.5. The number of rotatable bonds is 16. The van der Waals surface area contributed by atoms with Gasteiger partial charge in [-0.05, 0) is 167 Å². The molecule has 0 atom stereocenters. The number of benzene rings is 10. The minimum atomic E-state index is -5.38. The van der Waals surface area contributed by atoms with E-state index in [4.69, 9.17) is 0 Å². The third-order valence-corrected chi connectivity index (χ3v) is 17.9. The topological polar surface area (TPSA) is 521 Å². The summed E-state index contributed by atoms with van der Waals surface area (Å²) in [5.41, 5.74) is -1.05. The number of phenols is 2. The van der Waals surface area contributed by atoms with Crippen molar-refractivity contribution in [3.05, 3.63) is 158 Å². The predicted molar refractivity (Wildman–Crippen MR) is 311 cm³/mol. The second kappa shape index (κ2) is 33.2. The quantitative estimate of drug-likeness (QED) is 0.0341. The Labute approximate surface area is 677 Å². The molecule has 0 aliphatic heterocycles. The molecule has 10 aromatic carbocycles. The molecule has 43 heteroatoms. The molecule has 0 spiro atoms. The molecule has 0 bridgehead atoms. The first kappa shape index (κ1) is 84.4. The zero-order valence-corrected chi connectivity index (χ0v) is 67.1. The maximum atomic E-state index is 13.3. The summed E-state index contributed by atoms with van der Waals surface area (Å²) in [6.07, 6.45) is 0. The van der Waals surface area contributed by atoms with Crippen molar-refractivity contribution >= 4 is 167 Å². The van der Waals surface area contributed by atoms with Gasteiger partial charge in [-0.2, -0.15) is 39.1 Å². The van der Waals surface area contributed by atoms with Crippen LogP contribution in [0.2, 0.25) is 0 Å². The van der Waals surface area contributed by atoms with Gasteiger partial charge in [0.2, 0.25) is 0 Å². The van der Waals surface area contributed by atoms with E-state index in [1.54, 1.807) is 0 Å². The van der Waals surface area contributed by atoms with E-state index in [9.17, 15) is 92.8 Å². The number of nitrogens with zero attached hydrogens (tertiary/aromatic N) is 8. The van der Waals surface area contributed by atoms with Gasteiger partial charge in [0.25, 0.3) is 10.1 Å². The van der Waals surface area contributed by atoms with Gasteiger partial charge < -0.3 is 43.6 Å². The van der Waals surface area contributed by atoms with Crippen molar-refractivity contribution in [2.45, 2.75) is 29.4 Å². The fraction of sp³-hybridized carbons (Fsp3) is 0. The zero-order chi connectivity index (χ0) is 65.0. The summed E-state index contributed by atoms with van der Waals surface area (Å²) in [6, 6.07) is 29.2. The Balaban J connectivity index is 0.00000327. The van der Waals surface area contributed by atoms with Crippen LogP contribution in [-0.2, 0) is 60.7 Å². The summed E-state index contributed by atoms with van der Waals surface area (Å²) in [7, 11) is -31.3. The third kappa shape index (κ3) is 20.2. The van der Waals surface area contributed by atoms with Crippen molar-refractivity contribution in [2.24, 2.45) is 40.9 Å². The maximum absolute atomic E-state index is 13.3. The number of phenolic OH excluding ortho intramolecular Hbond substituents is 2. The number of aromatic hydroxyl groups is 2. The minimum absolute atomic E-state index is 0. The maximum Gasteiger partial charge on any atom is 1.00 e. The Hall–Kier alpha value is -4.03. The number of fused-ring (bicyclic) bond motifs is 4. The second-order valence-electron chi connectivity index (χ2n) is 18.8. The molecule has 2 amide bonds. The zero-order valence-electron chi connectivity index (χ0n) is 50.2. The molecule has 460 valence electrons. The van der Waals surface area contributed by atoms with Crippen LogP contribution in [0.1, 0.15) is 0 Å². The van der Waals surface area contributed by atoms with Crippen molar-refractivity contribution < 1.29 is 270 Å². The van der Waals surface area contributed by atoms with Gasteiger partial charge in [0.1, 0.15) is 62.0 Å². The van der Waals surface area contributed by atoms with E-state index in [1.165, 1.54) is 109 Å². The van der Waals surface area contributed by atoms with Gasteiger partial charge in [0, 0.05) is 32.9 Å². The van der Waals surface area contributed by atoms with Crippen molar-refractivity contribution in [1.29, 1.82) is 0 Å². The fourth-order valence-electron chi connectivity index (χ4n) is 8.75. The van der Waals surface area contributed by atoms with Crippen molar-refractivity contribution in [3.63, 3.8) is 0 Å². The number of hydrogen-bond acceptors (Lipinski definition) is 28. The molecule has 0 fully saturated rings. The molecule has 0 radical (unpaired) electrons. The van der Waals surface area contributed by atoms with Crippen molar-refractivity contribution in [2.75, 3.05) is 10.6 Å². The number of carbonyl (C=O) groups excluding carboxylic acids is 1. The van der Waals surface area contributed by atoms with Crippen LogP contribution in [0.3, 0.4) is 0 Å². The molecule has 96 heavy (non-hydrogen) atoms. The van der Waals surface area contributed by atoms with Gasteiger partial charge in [-0.1, -0.05) is 12.1 Å². The second-order valence-corrected chi connectivity index (χ2v) is 27.0. The number of hydrogen-bond donors (Lipinski definition) is 5. The summed E-state index contributed by atoms with van der Waals surface area (Å²) >= 11 is 0. The SMILES string of the molecule is O=C(Nc1ccc2c(O)c(N=Nc3ccc(N=Nc4ccc5cc(S(=O)(=O)[O-])cc(S(=O)(=O)[O-])c5c4)cc3)c(S(=O)(=O)[O-])cc2c1)Nc1ccc2c(O)c(N=Nc3ccc(N=Nc4ccc5cc(S(=O)(=O)O)cc(S(=O)(=O)[O-])c5c4)cc3)c(S(=O)(=O)[O-])cc2c1.[Na+].[Na+].[Na+].[Na+].[Na+].[Na+]. The molecule has 0 aromatic heterocycles. The number of urea groups is 1. The van der Waals surface area contributed by atoms with Crippen LogP contribution in [0.15, 0.2) is 228 Å². The number of nitrogens with one attached hydrogen (secondary N) is 2. The Kier molecular flexibility index (Phi) is 29.2. The molecule has 0 aliphatic rings. The van der Waals surface area contributed by atoms with Gasteiger partial charge in [-0.15, -0.1) is 10.2 Å². The van der Waals surface area contributed by atoms with E-state index in [1.807, 2.05) is 0 Å². The Morgan fingerprint density at radius 2 is 0.615 bits per heavy atom. The molecule has 31 nitrogen and oxygen atoms in total. The van der Waals surface area contributed by atoms with E-state index in [0.717, 1.165) is 36.4 Å². The van der Waals surface area contributed by atoms with Gasteiger partial charge in [-0.3, -0.25) is 4.55 Å². The molecular weight excluding hydrogens is 1440 g/mol. The largest absolute Gasteiger partial charge is 1.00 e. The average molecular weight is 1470 g/mol. The van der Waals surface area contributed by atoms with Crippen LogP contribution in [0.25, 0.3) is 43.1 Å². The van der Waals surface area contributed by atoms with Crippen LogP contribution in [-0.4, -0.2) is 94.1 Å². The number of anilines is 2. The molecule has 0 heterocycles. The molecule has 10 rings (SSSR count). The summed E-state index contributed by atoms with van der Waals surface area (Å²) < 4.78 is 214. The van der Waals surface area contributed by atoms with Crippen LogP contribution >= 0.6 is 0 Å². The third-order valence-electron chi connectivity index (χ3n) is 12.8. The predicted octanol–water partition coefficient (Wildman–Crippen LogP) is -7.19. The molecule has 10 aromatic rings. The van der Waals surface area contributed by atoms with Crippen molar-refractivity contribution in [1.82, 2.24) is 0 Å². The van der Waals surface area contributed by atoms with Crippen LogP contribution in [0.4, 0.5) is 61.7 Å². The molecule has 5 N–H and O–H groups in total. The summed E-state index contributed by atoms with van der Waals surface area (Å²) in [5.74, 6) is -1.59. The Morgan fingerprint density at radius 3 is 0.938 bits per heavy atom. The molecular formula is C53H31N10Na6O21S6+. The van der Waals surface area contributed by atoms with E-state index in [-0.39, 0.29) is 266 Å². The van der Waals surface area contributed by atoms with Gasteiger partial charge in [0.05, 0.1) is 63.5 Å². The van der Waals surface area contributed by atoms with E-state index in [2.05, 4.69) is 51.5 Å². The van der Waals surface area contributed by atoms with Crippen molar-refractivity contribution in [3.8, 4) is 11.5 Å². The van der Waals surface area contributed by atoms with E-state index >= 15 is 0 Å². The normalized spacial score (nSPS) is 12.2. The molecule has 0 saturated carbocycles. The molecule has 0 saturated heterocycles. The first-order chi connectivity index (χ1) is 42.1. The van der Waals surface area contributed by atoms with Gasteiger partial charge in [-0.25, -0.2) is 46.9 Å². The molecule has 0 aliphatic carbocycles. The standard InChI is InChI=1S/C53H36N10O21S6.6Na/c64-51-41-15-13-35(17-29(41)21-47(89(79,80)81)49(51)62-58-33-9-5-31(6-10-33)56-60-37-3-1-27-19-39(85(67,68)69)25-45(43(27)23-37)87(73,74)75)54-53(66)55-36-14-16-42-30(18-36)22-48(90(82,83)84)50(52(42)65)63-59-34-11-7-32(8-12-34)57-61-38-4-2-28-20-40(86(70,71)72)26-46(44(28)24-38)88(76,77)78;;;;;;/h1-26,64-65H,(H2,54,55,66)(H,67,68,69)(H,70,71,72)(H,73,74,75)(H,76,77,78)(H,79,80,81)(H,82,83,84);;;;;;/q;6*+1/p-5. The minimum Gasteiger partial charge on any atom is -0.744 e. The summed E-state index contributed by atoms with van der Waals surface area (Å²) in [4.78, 5) is 7.60. The smallest absolute Gasteiger partial charge is 0.744 e. The monoisotopic (exact) mass is 1470 g/mol. The average Bonchev–Trinajstić information content (AvgIpc) is 0.795. The first-order valence-corrected chi connectivity index (χ1v) is 33.0. The van der Waals surface area contributed by atoms with E-state index < -0.39 is 119 Å². The van der Waals surface area contributed by atoms with Crippen LogP contribution < -0.4 is 188 Å². The molecule has 0 unspecified atom stereocenters. The van der Waals surface area contributed by atoms with E-state index in [0.29, 0.717) is 12.1 Å². The number of amides is 2. The fourth-order valence-corrected chi connectivity index (χ4v) is 12.7. The Morgan fingerprint density at radius 1 is 0.312 bits per heavy atom. The summed E-state index contributed by atoms with van der Waals surface area (Å²) in [5, 5.41) is 58.2. The number of azo groups is 4. The van der Waals surface area contributed by atoms with Gasteiger partial charge in [0.15, 0.2) is 11.5 Å². The van der Waals surface area contributed by atoms with Crippen LogP contribution in [0, 0.1) is 0 Å². The van der Waals surface area contributed by atoms with Gasteiger partial charge >= 0.3 is 183 Å². The van der Waals surface area contributed by atoms with Crippen LogP contribution in [0.5, 0.6) is 11.5 Å².